The summed E-state index contributed by atoms with van der Waals surface area (Å²) in [7, 11) is 0. The van der Waals surface area contributed by atoms with Gasteiger partial charge in [0.25, 0.3) is 0 Å². The zero-order chi connectivity index (χ0) is 21.2. The minimum atomic E-state index is -0.129. The fraction of sp³-hybridized carbons (Fsp3) is 0.381. The topological polar surface area (TPSA) is 93.1 Å². The number of benzene rings is 1. The molecule has 0 amide bonds. The van der Waals surface area contributed by atoms with E-state index in [4.69, 9.17) is 22.2 Å². The van der Waals surface area contributed by atoms with Gasteiger partial charge in [0.15, 0.2) is 0 Å². The van der Waals surface area contributed by atoms with Crippen LogP contribution in [0.15, 0.2) is 78.0 Å². The Balaban J connectivity index is 1.67. The van der Waals surface area contributed by atoms with Crippen LogP contribution in [0.1, 0.15) is 24.8 Å². The van der Waals surface area contributed by atoms with Crippen LogP contribution in [0.2, 0.25) is 5.02 Å². The molecule has 0 saturated heterocycles. The van der Waals surface area contributed by atoms with Gasteiger partial charge in [-0.1, -0.05) is 35.5 Å². The zero-order valence-corrected chi connectivity index (χ0v) is 17.7. The molecule has 2 atom stereocenters. The standard InChI is InChI=1S/C21H28ClN7O/c1-17(29(27-26-23)15-18-6-8-19(22)9-7-18)21(20-5-2-3-14-30-20)25-10-4-12-28-13-11-24-16-28/h3,6-9,11,13-14,16,20-21,25H,1-2,4-5,10,12,15H2,(H2,23,27)/t20-,21?/m0/s1. The Bertz CT molecular complexity index is 836. The molecule has 1 aromatic heterocycles. The van der Waals surface area contributed by atoms with Crippen molar-refractivity contribution in [3.8, 4) is 0 Å². The molecule has 0 aliphatic carbocycles. The summed E-state index contributed by atoms with van der Waals surface area (Å²) in [6, 6.07) is 7.45. The highest BCUT2D eigenvalue weighted by atomic mass is 35.5. The molecule has 9 heteroatoms. The Morgan fingerprint density at radius 2 is 2.27 bits per heavy atom. The second kappa shape index (κ2) is 11.4. The summed E-state index contributed by atoms with van der Waals surface area (Å²) in [6.07, 6.45) is 12.1. The van der Waals surface area contributed by atoms with Crippen molar-refractivity contribution in [3.05, 3.63) is 78.2 Å². The Morgan fingerprint density at radius 3 is 2.93 bits per heavy atom. The molecular weight excluding hydrogens is 402 g/mol. The van der Waals surface area contributed by atoms with E-state index in [0.717, 1.165) is 43.6 Å². The van der Waals surface area contributed by atoms with Gasteiger partial charge in [0, 0.05) is 24.0 Å². The van der Waals surface area contributed by atoms with E-state index >= 15 is 0 Å². The maximum atomic E-state index is 6.00. The molecule has 3 N–H and O–H groups in total. The molecule has 1 aliphatic rings. The number of halogens is 1. The van der Waals surface area contributed by atoms with Crippen LogP contribution >= 0.6 is 11.6 Å². The number of aryl methyl sites for hydroxylation is 1. The summed E-state index contributed by atoms with van der Waals surface area (Å²) in [5.41, 5.74) is 1.78. The number of hydrogen-bond acceptors (Lipinski definition) is 5. The molecule has 1 aromatic carbocycles. The van der Waals surface area contributed by atoms with Crippen molar-refractivity contribution in [1.29, 1.82) is 0 Å². The molecule has 160 valence electrons. The van der Waals surface area contributed by atoms with Crippen LogP contribution in [-0.2, 0) is 17.8 Å². The molecular formula is C21H28ClN7O. The van der Waals surface area contributed by atoms with E-state index < -0.39 is 0 Å². The molecule has 30 heavy (non-hydrogen) atoms. The van der Waals surface area contributed by atoms with Gasteiger partial charge in [-0.25, -0.2) is 9.99 Å². The van der Waals surface area contributed by atoms with E-state index in [1.165, 1.54) is 0 Å². The van der Waals surface area contributed by atoms with Crippen LogP contribution in [0.25, 0.3) is 0 Å². The highest BCUT2D eigenvalue weighted by Crippen LogP contribution is 2.23. The number of allylic oxidation sites excluding steroid dienone is 1. The predicted molar refractivity (Wildman–Crippen MR) is 117 cm³/mol. The van der Waals surface area contributed by atoms with Gasteiger partial charge in [-0.3, -0.25) is 0 Å². The first-order chi connectivity index (χ1) is 14.7. The number of nitrogens with two attached hydrogens (primary N) is 1. The van der Waals surface area contributed by atoms with Crippen LogP contribution in [0.5, 0.6) is 0 Å². The van der Waals surface area contributed by atoms with Gasteiger partial charge in [-0.2, -0.15) is 0 Å². The molecule has 0 bridgehead atoms. The molecule has 2 aromatic rings. The Hall–Kier alpha value is -2.84. The summed E-state index contributed by atoms with van der Waals surface area (Å²) in [5, 5.41) is 13.6. The second-order valence-corrected chi connectivity index (χ2v) is 7.53. The predicted octanol–water partition coefficient (Wildman–Crippen LogP) is 3.83. The summed E-state index contributed by atoms with van der Waals surface area (Å²) < 4.78 is 7.95. The van der Waals surface area contributed by atoms with Crippen LogP contribution in [-0.4, -0.2) is 33.3 Å². The maximum absolute atomic E-state index is 6.00. The molecule has 0 spiro atoms. The first-order valence-electron chi connectivity index (χ1n) is 9.98. The molecule has 1 unspecified atom stereocenters. The average molecular weight is 430 g/mol. The highest BCUT2D eigenvalue weighted by molar-refractivity contribution is 6.30. The number of nitrogens with zero attached hydrogens (tertiary/aromatic N) is 5. The van der Waals surface area contributed by atoms with Crippen molar-refractivity contribution in [2.24, 2.45) is 16.3 Å². The third-order valence-corrected chi connectivity index (χ3v) is 5.20. The Labute approximate surface area is 182 Å². The van der Waals surface area contributed by atoms with Gasteiger partial charge in [-0.15, -0.1) is 0 Å². The van der Waals surface area contributed by atoms with Gasteiger partial charge in [0.1, 0.15) is 6.10 Å². The minimum absolute atomic E-state index is 0.0450. The quantitative estimate of drug-likeness (QED) is 0.245. The monoisotopic (exact) mass is 429 g/mol. The number of ether oxygens (including phenoxy) is 1. The van der Waals surface area contributed by atoms with Crippen molar-refractivity contribution < 1.29 is 4.74 Å². The van der Waals surface area contributed by atoms with Crippen molar-refractivity contribution in [3.63, 3.8) is 0 Å². The number of hydrogen-bond donors (Lipinski definition) is 2. The fourth-order valence-electron chi connectivity index (χ4n) is 3.38. The Kier molecular flexibility index (Phi) is 8.29. The van der Waals surface area contributed by atoms with E-state index in [0.29, 0.717) is 11.6 Å². The molecule has 0 fully saturated rings. The van der Waals surface area contributed by atoms with E-state index in [2.05, 4.69) is 31.9 Å². The third-order valence-electron chi connectivity index (χ3n) is 4.95. The van der Waals surface area contributed by atoms with Crippen molar-refractivity contribution >= 4 is 11.6 Å². The van der Waals surface area contributed by atoms with Crippen LogP contribution < -0.4 is 11.2 Å². The third kappa shape index (κ3) is 6.33. The lowest BCUT2D eigenvalue weighted by molar-refractivity contribution is 0.0842. The van der Waals surface area contributed by atoms with Crippen LogP contribution in [0.4, 0.5) is 0 Å². The van der Waals surface area contributed by atoms with Gasteiger partial charge < -0.3 is 20.5 Å². The fourth-order valence-corrected chi connectivity index (χ4v) is 3.50. The lowest BCUT2D eigenvalue weighted by Gasteiger charge is -2.34. The maximum Gasteiger partial charge on any atom is 0.119 e. The summed E-state index contributed by atoms with van der Waals surface area (Å²) >= 11 is 6.00. The molecule has 1 aliphatic heterocycles. The number of aromatic nitrogens is 2. The lowest BCUT2D eigenvalue weighted by Crippen LogP contribution is -2.46. The van der Waals surface area contributed by atoms with Crippen LogP contribution in [0, 0.1) is 0 Å². The summed E-state index contributed by atoms with van der Waals surface area (Å²) in [4.78, 5) is 4.08. The van der Waals surface area contributed by atoms with Gasteiger partial charge >= 0.3 is 0 Å². The van der Waals surface area contributed by atoms with Crippen molar-refractivity contribution in [2.75, 3.05) is 6.54 Å². The first-order valence-corrected chi connectivity index (χ1v) is 10.4. The summed E-state index contributed by atoms with van der Waals surface area (Å²) in [6.45, 7) is 6.45. The summed E-state index contributed by atoms with van der Waals surface area (Å²) in [5.74, 6) is 5.38. The smallest absolute Gasteiger partial charge is 0.119 e. The van der Waals surface area contributed by atoms with Gasteiger partial charge in [0.2, 0.25) is 0 Å². The van der Waals surface area contributed by atoms with Gasteiger partial charge in [-0.05, 0) is 54.8 Å². The van der Waals surface area contributed by atoms with E-state index in [-0.39, 0.29) is 12.1 Å². The largest absolute Gasteiger partial charge is 0.496 e. The number of nitrogens with one attached hydrogen (secondary N) is 1. The number of rotatable bonds is 11. The van der Waals surface area contributed by atoms with Crippen molar-refractivity contribution in [1.82, 2.24) is 19.9 Å². The molecule has 3 rings (SSSR count). The van der Waals surface area contributed by atoms with E-state index in [1.807, 2.05) is 42.9 Å². The SMILES string of the molecule is C=C(C(NCCCn1ccnc1)[C@@H]1CCC=CO1)N(Cc1ccc(Cl)cc1)/N=N\N. The van der Waals surface area contributed by atoms with Crippen molar-refractivity contribution in [2.45, 2.75) is 44.5 Å². The van der Waals surface area contributed by atoms with Crippen LogP contribution in [0.3, 0.4) is 0 Å². The lowest BCUT2D eigenvalue weighted by atomic mass is 10.0. The van der Waals surface area contributed by atoms with E-state index in [1.54, 1.807) is 17.5 Å². The second-order valence-electron chi connectivity index (χ2n) is 7.09. The average Bonchev–Trinajstić information content (AvgIpc) is 3.29. The Morgan fingerprint density at radius 1 is 1.43 bits per heavy atom. The molecule has 0 radical (unpaired) electrons. The normalized spacial score (nSPS) is 17.0. The first kappa shape index (κ1) is 21.9. The number of imidazole rings is 1. The van der Waals surface area contributed by atoms with E-state index in [9.17, 15) is 0 Å². The molecule has 8 nitrogen and oxygen atoms in total. The van der Waals surface area contributed by atoms with Gasteiger partial charge in [0.05, 0.1) is 30.9 Å². The minimum Gasteiger partial charge on any atom is -0.496 e. The highest BCUT2D eigenvalue weighted by Gasteiger charge is 2.29. The zero-order valence-electron chi connectivity index (χ0n) is 16.9. The molecule has 0 saturated carbocycles. The molecule has 2 heterocycles.